The summed E-state index contributed by atoms with van der Waals surface area (Å²) in [5, 5.41) is 8.85. The number of aromatic carboxylic acids is 1. The Morgan fingerprint density at radius 3 is 3.00 bits per heavy atom. The maximum absolute atomic E-state index is 10.8. The first-order valence-corrected chi connectivity index (χ1v) is 5.08. The Kier molecular flexibility index (Phi) is 2.41. The highest BCUT2D eigenvalue weighted by Crippen LogP contribution is 2.35. The summed E-state index contributed by atoms with van der Waals surface area (Å²) < 4.78 is 5.44. The van der Waals surface area contributed by atoms with Crippen LogP contribution in [-0.4, -0.2) is 27.0 Å². The quantitative estimate of drug-likeness (QED) is 0.838. The van der Waals surface area contributed by atoms with E-state index in [1.807, 2.05) is 0 Å². The van der Waals surface area contributed by atoms with E-state index in [1.54, 1.807) is 0 Å². The number of carboxylic acids is 1. The van der Waals surface area contributed by atoms with Crippen LogP contribution in [0.5, 0.6) is 5.75 Å². The van der Waals surface area contributed by atoms with Crippen LogP contribution in [-0.2, 0) is 0 Å². The zero-order chi connectivity index (χ0) is 10.1. The van der Waals surface area contributed by atoms with Gasteiger partial charge in [-0.15, -0.1) is 0 Å². The number of nitrogens with zero attached hydrogens (tertiary/aromatic N) is 1. The minimum Gasteiger partial charge on any atom is -0.487 e. The van der Waals surface area contributed by atoms with Crippen molar-refractivity contribution in [2.75, 3.05) is 0 Å². The molecule has 2 unspecified atom stereocenters. The molecule has 0 aromatic carbocycles. The second kappa shape index (κ2) is 3.57. The molecule has 0 spiro atoms. The third kappa shape index (κ3) is 1.87. The molecule has 5 heteroatoms. The van der Waals surface area contributed by atoms with E-state index >= 15 is 0 Å². The highest BCUT2D eigenvalue weighted by Gasteiger charge is 2.37. The van der Waals surface area contributed by atoms with Crippen molar-refractivity contribution in [1.82, 2.24) is 4.98 Å². The van der Waals surface area contributed by atoms with E-state index in [4.69, 9.17) is 9.84 Å². The molecular weight excluding hydrogens is 250 g/mol. The van der Waals surface area contributed by atoms with Crippen molar-refractivity contribution < 1.29 is 14.6 Å². The standard InChI is InChI=1S/C9H8BrNO3/c10-6-3-7(6)14-8-4-11-2-1-5(8)9(12)13/h1-2,4,6-7H,3H2,(H,12,13). The van der Waals surface area contributed by atoms with Crippen LogP contribution in [0, 0.1) is 0 Å². The van der Waals surface area contributed by atoms with Gasteiger partial charge in [-0.25, -0.2) is 4.79 Å². The Balaban J connectivity index is 2.19. The Morgan fingerprint density at radius 2 is 2.43 bits per heavy atom. The second-order valence-electron chi connectivity index (χ2n) is 3.08. The second-order valence-corrected chi connectivity index (χ2v) is 4.26. The first-order valence-electron chi connectivity index (χ1n) is 4.16. The zero-order valence-electron chi connectivity index (χ0n) is 7.18. The Bertz CT molecular complexity index is 369. The summed E-state index contributed by atoms with van der Waals surface area (Å²) in [4.78, 5) is 15.0. The number of hydrogen-bond donors (Lipinski definition) is 1. The number of alkyl halides is 1. The van der Waals surface area contributed by atoms with Crippen molar-refractivity contribution in [3.63, 3.8) is 0 Å². The summed E-state index contributed by atoms with van der Waals surface area (Å²) in [5.74, 6) is -0.652. The molecule has 1 aromatic rings. The largest absolute Gasteiger partial charge is 0.487 e. The minimum absolute atomic E-state index is 0.0808. The van der Waals surface area contributed by atoms with Gasteiger partial charge in [0.15, 0.2) is 5.75 Å². The van der Waals surface area contributed by atoms with Gasteiger partial charge in [0, 0.05) is 12.6 Å². The molecule has 74 valence electrons. The average Bonchev–Trinajstić information content (AvgIpc) is 2.82. The fraction of sp³-hybridized carbons (Fsp3) is 0.333. The van der Waals surface area contributed by atoms with Crippen LogP contribution in [0.1, 0.15) is 16.8 Å². The van der Waals surface area contributed by atoms with Gasteiger partial charge < -0.3 is 9.84 Å². The maximum Gasteiger partial charge on any atom is 0.339 e. The molecule has 1 N–H and O–H groups in total. The van der Waals surface area contributed by atoms with Crippen LogP contribution in [0.2, 0.25) is 0 Å². The molecule has 4 nitrogen and oxygen atoms in total. The summed E-state index contributed by atoms with van der Waals surface area (Å²) in [6, 6.07) is 1.43. The number of hydrogen-bond acceptors (Lipinski definition) is 3. The third-order valence-electron chi connectivity index (χ3n) is 1.95. The predicted octanol–water partition coefficient (Wildman–Crippen LogP) is 1.69. The summed E-state index contributed by atoms with van der Waals surface area (Å²) in [7, 11) is 0. The lowest BCUT2D eigenvalue weighted by Gasteiger charge is -2.06. The lowest BCUT2D eigenvalue weighted by Crippen LogP contribution is -2.06. The molecule has 2 atom stereocenters. The number of ether oxygens (including phenoxy) is 1. The lowest BCUT2D eigenvalue weighted by atomic mass is 10.2. The monoisotopic (exact) mass is 257 g/mol. The van der Waals surface area contributed by atoms with Gasteiger partial charge in [-0.3, -0.25) is 4.98 Å². The number of rotatable bonds is 3. The van der Waals surface area contributed by atoms with Crippen LogP contribution in [0.25, 0.3) is 0 Å². The van der Waals surface area contributed by atoms with Crippen LogP contribution in [0.3, 0.4) is 0 Å². The number of halogens is 1. The Hall–Kier alpha value is -1.10. The first kappa shape index (κ1) is 9.45. The third-order valence-corrected chi connectivity index (χ3v) is 2.91. The van der Waals surface area contributed by atoms with Crippen LogP contribution < -0.4 is 4.74 Å². The fourth-order valence-corrected chi connectivity index (χ4v) is 1.56. The first-order chi connectivity index (χ1) is 6.68. The van der Waals surface area contributed by atoms with E-state index in [9.17, 15) is 4.79 Å². The van der Waals surface area contributed by atoms with Crippen molar-refractivity contribution in [3.8, 4) is 5.75 Å². The average molecular weight is 258 g/mol. The molecule has 1 aliphatic carbocycles. The normalized spacial score (nSPS) is 24.4. The predicted molar refractivity (Wildman–Crippen MR) is 52.9 cm³/mol. The molecule has 1 aliphatic rings. The molecule has 0 saturated heterocycles. The number of carbonyl (C=O) groups is 1. The minimum atomic E-state index is -0.992. The molecule has 0 radical (unpaired) electrons. The van der Waals surface area contributed by atoms with Gasteiger partial charge in [0.25, 0.3) is 0 Å². The molecule has 1 aromatic heterocycles. The number of carboxylic acid groups (broad SMARTS) is 1. The molecule has 2 rings (SSSR count). The van der Waals surface area contributed by atoms with Gasteiger partial charge in [-0.1, -0.05) is 15.9 Å². The van der Waals surface area contributed by atoms with Crippen molar-refractivity contribution in [1.29, 1.82) is 0 Å². The van der Waals surface area contributed by atoms with E-state index in [1.165, 1.54) is 18.5 Å². The molecule has 0 bridgehead atoms. The van der Waals surface area contributed by atoms with Crippen LogP contribution >= 0.6 is 15.9 Å². The lowest BCUT2D eigenvalue weighted by molar-refractivity contribution is 0.0691. The smallest absolute Gasteiger partial charge is 0.339 e. The van der Waals surface area contributed by atoms with E-state index in [0.717, 1.165) is 6.42 Å². The van der Waals surface area contributed by atoms with Gasteiger partial charge in [-0.05, 0) is 6.07 Å². The van der Waals surface area contributed by atoms with E-state index in [0.29, 0.717) is 10.6 Å². The van der Waals surface area contributed by atoms with E-state index < -0.39 is 5.97 Å². The topological polar surface area (TPSA) is 59.4 Å². The van der Waals surface area contributed by atoms with Gasteiger partial charge >= 0.3 is 5.97 Å². The van der Waals surface area contributed by atoms with Crippen LogP contribution in [0.15, 0.2) is 18.5 Å². The van der Waals surface area contributed by atoms with Gasteiger partial charge in [-0.2, -0.15) is 0 Å². The number of aromatic nitrogens is 1. The molecule has 1 saturated carbocycles. The van der Waals surface area contributed by atoms with Gasteiger partial charge in [0.05, 0.1) is 11.0 Å². The molecule has 1 heterocycles. The van der Waals surface area contributed by atoms with Crippen molar-refractivity contribution in [2.45, 2.75) is 17.4 Å². The Morgan fingerprint density at radius 1 is 1.71 bits per heavy atom. The summed E-state index contributed by atoms with van der Waals surface area (Å²) >= 11 is 3.37. The molecule has 0 aliphatic heterocycles. The molecular formula is C9H8BrNO3. The fourth-order valence-electron chi connectivity index (χ4n) is 1.08. The zero-order valence-corrected chi connectivity index (χ0v) is 8.77. The molecule has 0 amide bonds. The van der Waals surface area contributed by atoms with Crippen molar-refractivity contribution in [2.24, 2.45) is 0 Å². The highest BCUT2D eigenvalue weighted by molar-refractivity contribution is 9.09. The van der Waals surface area contributed by atoms with Gasteiger partial charge in [0.2, 0.25) is 0 Å². The van der Waals surface area contributed by atoms with Gasteiger partial charge in [0.1, 0.15) is 11.7 Å². The number of pyridine rings is 1. The van der Waals surface area contributed by atoms with E-state index in [2.05, 4.69) is 20.9 Å². The van der Waals surface area contributed by atoms with E-state index in [-0.39, 0.29) is 11.7 Å². The maximum atomic E-state index is 10.8. The summed E-state index contributed by atoms with van der Waals surface area (Å²) in [5.41, 5.74) is 0.159. The Labute approximate surface area is 89.0 Å². The molecule has 14 heavy (non-hydrogen) atoms. The molecule has 1 fully saturated rings. The summed E-state index contributed by atoms with van der Waals surface area (Å²) in [6.07, 6.45) is 3.86. The highest BCUT2D eigenvalue weighted by atomic mass is 79.9. The van der Waals surface area contributed by atoms with Crippen molar-refractivity contribution >= 4 is 21.9 Å². The SMILES string of the molecule is O=C(O)c1ccncc1OC1CC1Br. The van der Waals surface area contributed by atoms with Crippen LogP contribution in [0.4, 0.5) is 0 Å². The summed E-state index contributed by atoms with van der Waals surface area (Å²) in [6.45, 7) is 0. The van der Waals surface area contributed by atoms with Crippen molar-refractivity contribution in [3.05, 3.63) is 24.0 Å².